The van der Waals surface area contributed by atoms with Crippen molar-refractivity contribution >= 4 is 15.9 Å². The number of benzene rings is 1. The maximum atomic E-state index is 4.49. The molecule has 18 heavy (non-hydrogen) atoms. The van der Waals surface area contributed by atoms with Crippen LogP contribution in [0.15, 0.2) is 47.1 Å². The predicted octanol–water partition coefficient (Wildman–Crippen LogP) is 3.40. The number of rotatable bonds is 2. The summed E-state index contributed by atoms with van der Waals surface area (Å²) in [6.45, 7) is 3.11. The van der Waals surface area contributed by atoms with E-state index in [1.807, 2.05) is 6.20 Å². The van der Waals surface area contributed by atoms with Crippen molar-refractivity contribution in [2.75, 3.05) is 6.54 Å². The lowest BCUT2D eigenvalue weighted by atomic mass is 10.1. The number of hydrogen-bond donors (Lipinski definition) is 0. The molecule has 0 aliphatic carbocycles. The molecule has 1 aliphatic heterocycles. The quantitative estimate of drug-likeness (QED) is 0.845. The van der Waals surface area contributed by atoms with E-state index in [1.54, 1.807) is 0 Å². The molecule has 0 spiro atoms. The molecule has 2 heterocycles. The van der Waals surface area contributed by atoms with Crippen molar-refractivity contribution in [3.63, 3.8) is 0 Å². The van der Waals surface area contributed by atoms with Gasteiger partial charge in [-0.1, -0.05) is 30.3 Å². The highest BCUT2D eigenvalue weighted by atomic mass is 79.9. The highest BCUT2D eigenvalue weighted by Gasteiger charge is 2.17. The minimum absolute atomic E-state index is 0.997. The summed E-state index contributed by atoms with van der Waals surface area (Å²) in [5, 5.41) is 0. The average Bonchev–Trinajstić information content (AvgIpc) is 2.39. The van der Waals surface area contributed by atoms with Gasteiger partial charge in [-0.15, -0.1) is 0 Å². The van der Waals surface area contributed by atoms with Gasteiger partial charge in [-0.3, -0.25) is 9.88 Å². The first-order valence-electron chi connectivity index (χ1n) is 6.21. The molecule has 0 radical (unpaired) electrons. The maximum absolute atomic E-state index is 4.49. The lowest BCUT2D eigenvalue weighted by molar-refractivity contribution is 0.243. The largest absolute Gasteiger partial charge is 0.294 e. The predicted molar refractivity (Wildman–Crippen MR) is 76.2 cm³/mol. The fraction of sp³-hybridized carbons (Fsp3) is 0.267. The molecule has 0 unspecified atom stereocenters. The second-order valence-corrected chi connectivity index (χ2v) is 5.62. The van der Waals surface area contributed by atoms with Crippen molar-refractivity contribution < 1.29 is 0 Å². The zero-order valence-electron chi connectivity index (χ0n) is 10.1. The van der Waals surface area contributed by atoms with Gasteiger partial charge in [0.1, 0.15) is 0 Å². The first kappa shape index (κ1) is 11.9. The summed E-state index contributed by atoms with van der Waals surface area (Å²) in [7, 11) is 0. The van der Waals surface area contributed by atoms with Crippen LogP contribution >= 0.6 is 15.9 Å². The fourth-order valence-electron chi connectivity index (χ4n) is 2.43. The number of halogens is 1. The normalized spacial score (nSPS) is 15.4. The monoisotopic (exact) mass is 302 g/mol. The topological polar surface area (TPSA) is 16.1 Å². The second kappa shape index (κ2) is 5.21. The molecule has 0 N–H and O–H groups in total. The standard InChI is InChI=1S/C15H15BrN2/c16-14-8-13-11-18(7-6-15(13)17-9-14)10-12-4-2-1-3-5-12/h1-5,8-9H,6-7,10-11H2. The molecule has 1 aliphatic rings. The van der Waals surface area contributed by atoms with Gasteiger partial charge in [-0.05, 0) is 33.1 Å². The lowest BCUT2D eigenvalue weighted by Gasteiger charge is -2.28. The molecule has 0 amide bonds. The Morgan fingerprint density at radius 2 is 2.06 bits per heavy atom. The Balaban J connectivity index is 1.75. The molecule has 1 aromatic heterocycles. The molecule has 0 fully saturated rings. The summed E-state index contributed by atoms with van der Waals surface area (Å²) >= 11 is 3.50. The van der Waals surface area contributed by atoms with Gasteiger partial charge >= 0.3 is 0 Å². The van der Waals surface area contributed by atoms with E-state index in [9.17, 15) is 0 Å². The summed E-state index contributed by atoms with van der Waals surface area (Å²) in [5.41, 5.74) is 3.98. The SMILES string of the molecule is Brc1cnc2c(c1)CN(Cc1ccccc1)CC2. The van der Waals surface area contributed by atoms with Gasteiger partial charge in [0.15, 0.2) is 0 Å². The van der Waals surface area contributed by atoms with E-state index in [0.29, 0.717) is 0 Å². The number of nitrogens with zero attached hydrogens (tertiary/aromatic N) is 2. The summed E-state index contributed by atoms with van der Waals surface area (Å²) in [6, 6.07) is 12.8. The molecular formula is C15H15BrN2. The number of fused-ring (bicyclic) bond motifs is 1. The van der Waals surface area contributed by atoms with Crippen LogP contribution in [0.25, 0.3) is 0 Å². The Hall–Kier alpha value is -1.19. The second-order valence-electron chi connectivity index (χ2n) is 4.71. The number of pyridine rings is 1. The molecule has 2 nitrogen and oxygen atoms in total. The smallest absolute Gasteiger partial charge is 0.0462 e. The van der Waals surface area contributed by atoms with E-state index in [4.69, 9.17) is 0 Å². The van der Waals surface area contributed by atoms with E-state index in [1.165, 1.54) is 16.8 Å². The third-order valence-corrected chi connectivity index (χ3v) is 3.77. The van der Waals surface area contributed by atoms with E-state index in [2.05, 4.69) is 62.2 Å². The van der Waals surface area contributed by atoms with Gasteiger partial charge in [-0.25, -0.2) is 0 Å². The van der Waals surface area contributed by atoms with Gasteiger partial charge in [0, 0.05) is 42.4 Å². The van der Waals surface area contributed by atoms with Crippen LogP contribution < -0.4 is 0 Å². The van der Waals surface area contributed by atoms with Gasteiger partial charge < -0.3 is 0 Å². The number of aromatic nitrogens is 1. The molecule has 3 heteroatoms. The van der Waals surface area contributed by atoms with Crippen LogP contribution in [0.1, 0.15) is 16.8 Å². The first-order chi connectivity index (χ1) is 8.81. The molecular weight excluding hydrogens is 288 g/mol. The van der Waals surface area contributed by atoms with Gasteiger partial charge in [-0.2, -0.15) is 0 Å². The van der Waals surface area contributed by atoms with Gasteiger partial charge in [0.2, 0.25) is 0 Å². The van der Waals surface area contributed by atoms with Crippen LogP contribution in [-0.2, 0) is 19.5 Å². The van der Waals surface area contributed by atoms with Gasteiger partial charge in [0.25, 0.3) is 0 Å². The Kier molecular flexibility index (Phi) is 3.43. The third-order valence-electron chi connectivity index (χ3n) is 3.33. The molecule has 0 bridgehead atoms. The van der Waals surface area contributed by atoms with Gasteiger partial charge in [0.05, 0.1) is 0 Å². The van der Waals surface area contributed by atoms with E-state index in [0.717, 1.165) is 30.5 Å². The minimum Gasteiger partial charge on any atom is -0.294 e. The van der Waals surface area contributed by atoms with E-state index < -0.39 is 0 Å². The summed E-state index contributed by atoms with van der Waals surface area (Å²) < 4.78 is 1.07. The molecule has 0 saturated carbocycles. The van der Waals surface area contributed by atoms with Crippen LogP contribution in [0.5, 0.6) is 0 Å². The van der Waals surface area contributed by atoms with Crippen molar-refractivity contribution in [2.45, 2.75) is 19.5 Å². The zero-order chi connectivity index (χ0) is 12.4. The van der Waals surface area contributed by atoms with E-state index in [-0.39, 0.29) is 0 Å². The number of hydrogen-bond acceptors (Lipinski definition) is 2. The third kappa shape index (κ3) is 2.62. The fourth-order valence-corrected chi connectivity index (χ4v) is 2.81. The Labute approximate surface area is 116 Å². The molecule has 3 rings (SSSR count). The van der Waals surface area contributed by atoms with Crippen molar-refractivity contribution in [3.8, 4) is 0 Å². The lowest BCUT2D eigenvalue weighted by Crippen LogP contribution is -2.30. The van der Waals surface area contributed by atoms with Crippen LogP contribution in [0.2, 0.25) is 0 Å². The van der Waals surface area contributed by atoms with Crippen LogP contribution in [0.4, 0.5) is 0 Å². The first-order valence-corrected chi connectivity index (χ1v) is 7.00. The molecule has 0 atom stereocenters. The molecule has 1 aromatic carbocycles. The van der Waals surface area contributed by atoms with Crippen LogP contribution in [-0.4, -0.2) is 16.4 Å². The van der Waals surface area contributed by atoms with Crippen LogP contribution in [0.3, 0.4) is 0 Å². The highest BCUT2D eigenvalue weighted by molar-refractivity contribution is 9.10. The maximum Gasteiger partial charge on any atom is 0.0462 e. The Bertz CT molecular complexity index is 539. The summed E-state index contributed by atoms with van der Waals surface area (Å²) in [6.07, 6.45) is 2.95. The van der Waals surface area contributed by atoms with Crippen molar-refractivity contribution in [3.05, 3.63) is 63.9 Å². The van der Waals surface area contributed by atoms with Crippen molar-refractivity contribution in [1.82, 2.24) is 9.88 Å². The average molecular weight is 303 g/mol. The van der Waals surface area contributed by atoms with Crippen LogP contribution in [0, 0.1) is 0 Å². The summed E-state index contributed by atoms with van der Waals surface area (Å²) in [5.74, 6) is 0. The highest BCUT2D eigenvalue weighted by Crippen LogP contribution is 2.21. The van der Waals surface area contributed by atoms with Crippen molar-refractivity contribution in [2.24, 2.45) is 0 Å². The zero-order valence-corrected chi connectivity index (χ0v) is 11.7. The molecule has 2 aromatic rings. The minimum atomic E-state index is 0.997. The van der Waals surface area contributed by atoms with Crippen molar-refractivity contribution in [1.29, 1.82) is 0 Å². The van der Waals surface area contributed by atoms with E-state index >= 15 is 0 Å². The Morgan fingerprint density at radius 3 is 2.89 bits per heavy atom. The molecule has 0 saturated heterocycles. The Morgan fingerprint density at radius 1 is 1.22 bits per heavy atom. The molecule has 92 valence electrons. The summed E-state index contributed by atoms with van der Waals surface area (Å²) in [4.78, 5) is 6.96.